The van der Waals surface area contributed by atoms with E-state index in [2.05, 4.69) is 39.1 Å². The second-order valence-electron chi connectivity index (χ2n) is 11.5. The molecule has 2 aromatic heterocycles. The number of ether oxygens (including phenoxy) is 2. The largest absolute Gasteiger partial charge is 0.464 e. The molecule has 0 spiro atoms. The third kappa shape index (κ3) is 10.0. The van der Waals surface area contributed by atoms with E-state index in [0.717, 1.165) is 45.1 Å². The van der Waals surface area contributed by atoms with Gasteiger partial charge in [-0.25, -0.2) is 9.97 Å². The van der Waals surface area contributed by atoms with E-state index >= 15 is 0 Å². The molecule has 0 saturated heterocycles. The van der Waals surface area contributed by atoms with Crippen molar-refractivity contribution in [2.45, 2.75) is 38.5 Å². The first-order valence-electron chi connectivity index (χ1n) is 16.3. The van der Waals surface area contributed by atoms with Gasteiger partial charge in [0.25, 0.3) is 0 Å². The van der Waals surface area contributed by atoms with Gasteiger partial charge in [0, 0.05) is 88.4 Å². The Morgan fingerprint density at radius 3 is 1.67 bits per heavy atom. The van der Waals surface area contributed by atoms with Crippen molar-refractivity contribution >= 4 is 80.2 Å². The van der Waals surface area contributed by atoms with E-state index in [9.17, 15) is 9.59 Å². The second kappa shape index (κ2) is 18.9. The maximum absolute atomic E-state index is 12.6. The number of benzene rings is 2. The molecule has 0 unspecified atom stereocenters. The number of esters is 2. The van der Waals surface area contributed by atoms with Crippen molar-refractivity contribution in [3.63, 3.8) is 0 Å². The minimum absolute atomic E-state index is 0.225. The molecule has 0 bridgehead atoms. The molecule has 4 rings (SSSR count). The van der Waals surface area contributed by atoms with Gasteiger partial charge in [-0.2, -0.15) is 0 Å². The molecule has 0 aliphatic heterocycles. The van der Waals surface area contributed by atoms with Crippen molar-refractivity contribution in [2.24, 2.45) is 14.1 Å². The average molecular weight is 720 g/mol. The van der Waals surface area contributed by atoms with Gasteiger partial charge in [0.2, 0.25) is 0 Å². The number of carbonyl (C=O) groups excluding carboxylic acids is 2. The summed E-state index contributed by atoms with van der Waals surface area (Å²) in [5.74, 6) is 2.81. The molecule has 10 nitrogen and oxygen atoms in total. The van der Waals surface area contributed by atoms with Crippen LogP contribution in [-0.2, 0) is 46.0 Å². The summed E-state index contributed by atoms with van der Waals surface area (Å²) in [6.07, 6.45) is 4.79. The van der Waals surface area contributed by atoms with Gasteiger partial charge in [-0.15, -0.1) is 34.8 Å². The molecule has 48 heavy (non-hydrogen) atoms. The number of halogens is 3. The Balaban J connectivity index is 1.27. The van der Waals surface area contributed by atoms with Crippen molar-refractivity contribution in [2.75, 3.05) is 66.8 Å². The number of imidazole rings is 2. The zero-order valence-corrected chi connectivity index (χ0v) is 30.1. The summed E-state index contributed by atoms with van der Waals surface area (Å²) in [5.41, 5.74) is 5.80. The van der Waals surface area contributed by atoms with E-state index in [1.807, 2.05) is 36.9 Å². The predicted octanol–water partition coefficient (Wildman–Crippen LogP) is 6.41. The van der Waals surface area contributed by atoms with E-state index < -0.39 is 0 Å². The highest BCUT2D eigenvalue weighted by molar-refractivity contribution is 6.18. The van der Waals surface area contributed by atoms with Gasteiger partial charge >= 0.3 is 11.9 Å². The highest BCUT2D eigenvalue weighted by Gasteiger charge is 2.15. The van der Waals surface area contributed by atoms with Gasteiger partial charge in [-0.1, -0.05) is 12.7 Å². The van der Waals surface area contributed by atoms with E-state index in [1.54, 1.807) is 6.08 Å². The van der Waals surface area contributed by atoms with Gasteiger partial charge in [0.1, 0.15) is 24.9 Å². The van der Waals surface area contributed by atoms with E-state index in [0.29, 0.717) is 82.3 Å². The van der Waals surface area contributed by atoms with E-state index in [1.165, 1.54) is 0 Å². The summed E-state index contributed by atoms with van der Waals surface area (Å²) in [4.78, 5) is 38.4. The van der Waals surface area contributed by atoms with Crippen molar-refractivity contribution in [1.29, 1.82) is 0 Å². The molecule has 0 atom stereocenters. The Bertz CT molecular complexity index is 1670. The predicted molar refractivity (Wildman–Crippen MR) is 196 cm³/mol. The van der Waals surface area contributed by atoms with Crippen molar-refractivity contribution in [1.82, 2.24) is 19.1 Å². The molecule has 13 heteroatoms. The first kappa shape index (κ1) is 37.4. The number of rotatable bonds is 21. The molecule has 0 amide bonds. The molecule has 2 heterocycles. The summed E-state index contributed by atoms with van der Waals surface area (Å²) in [6.45, 7) is 6.57. The molecule has 0 N–H and O–H groups in total. The van der Waals surface area contributed by atoms with Gasteiger partial charge in [0.05, 0.1) is 28.6 Å². The fourth-order valence-corrected chi connectivity index (χ4v) is 6.32. The lowest BCUT2D eigenvalue weighted by atomic mass is 10.2. The molecule has 0 aliphatic rings. The molecule has 260 valence electrons. The Labute approximate surface area is 297 Å². The van der Waals surface area contributed by atoms with Crippen LogP contribution >= 0.6 is 34.8 Å². The molecule has 0 saturated carbocycles. The quantitative estimate of drug-likeness (QED) is 0.0555. The van der Waals surface area contributed by atoms with Crippen LogP contribution in [0.2, 0.25) is 0 Å². The Morgan fingerprint density at radius 1 is 0.750 bits per heavy atom. The van der Waals surface area contributed by atoms with Gasteiger partial charge in [-0.3, -0.25) is 9.59 Å². The number of fused-ring (bicyclic) bond motifs is 2. The standard InChI is InChI=1S/C35H45Cl3N6O4/c1-4-22-47-34(45)9-5-7-32-40-29-25-27(12-14-31(29)42(32)3)44(20-17-38)21-23-48-35(46)10-6-8-33-39-28-24-26(11-13-30(28)41(33)2)43(18-15-36)19-16-37/h4,11-14,24-25H,1,5-10,15-23H2,2-3H3. The second-order valence-corrected chi connectivity index (χ2v) is 12.6. The number of nitrogens with zero attached hydrogens (tertiary/aromatic N) is 6. The minimum atomic E-state index is -0.238. The SMILES string of the molecule is C=CCOC(=O)CCCc1nc2cc(N(CCCl)CCOC(=O)CCCc3nc4cc(N(CCCl)CCCl)ccc4n3C)ccc2n1C. The molecule has 0 radical (unpaired) electrons. The maximum Gasteiger partial charge on any atom is 0.306 e. The topological polar surface area (TPSA) is 94.7 Å². The van der Waals surface area contributed by atoms with Crippen LogP contribution in [0.3, 0.4) is 0 Å². The third-order valence-corrected chi connectivity index (χ3v) is 8.76. The molecule has 0 fully saturated rings. The Morgan fingerprint density at radius 2 is 1.21 bits per heavy atom. The van der Waals surface area contributed by atoms with Crippen LogP contribution in [0.1, 0.15) is 37.3 Å². The monoisotopic (exact) mass is 718 g/mol. The van der Waals surface area contributed by atoms with Gasteiger partial charge in [-0.05, 0) is 49.2 Å². The number of aromatic nitrogens is 4. The lowest BCUT2D eigenvalue weighted by molar-refractivity contribution is -0.144. The van der Waals surface area contributed by atoms with Gasteiger partial charge < -0.3 is 28.4 Å². The van der Waals surface area contributed by atoms with Crippen LogP contribution in [0.4, 0.5) is 11.4 Å². The number of hydrogen-bond donors (Lipinski definition) is 0. The first-order valence-corrected chi connectivity index (χ1v) is 17.9. The Hall–Kier alpha value is -3.47. The highest BCUT2D eigenvalue weighted by Crippen LogP contribution is 2.25. The third-order valence-electron chi connectivity index (χ3n) is 8.26. The summed E-state index contributed by atoms with van der Waals surface area (Å²) >= 11 is 18.1. The van der Waals surface area contributed by atoms with Crippen molar-refractivity contribution in [3.05, 3.63) is 60.7 Å². The zero-order chi connectivity index (χ0) is 34.5. The summed E-state index contributed by atoms with van der Waals surface area (Å²) in [7, 11) is 3.97. The van der Waals surface area contributed by atoms with Gasteiger partial charge in [0.15, 0.2) is 0 Å². The number of anilines is 2. The number of aryl methyl sites for hydroxylation is 4. The summed E-state index contributed by atoms with van der Waals surface area (Å²) < 4.78 is 14.8. The molecular weight excluding hydrogens is 675 g/mol. The smallest absolute Gasteiger partial charge is 0.306 e. The first-order chi connectivity index (χ1) is 23.3. The van der Waals surface area contributed by atoms with Crippen LogP contribution in [0, 0.1) is 0 Å². The summed E-state index contributed by atoms with van der Waals surface area (Å²) in [5, 5.41) is 0. The minimum Gasteiger partial charge on any atom is -0.464 e. The fraction of sp³-hybridized carbons (Fsp3) is 0.486. The van der Waals surface area contributed by atoms with Crippen LogP contribution in [-0.4, -0.2) is 88.1 Å². The van der Waals surface area contributed by atoms with Crippen LogP contribution in [0.15, 0.2) is 49.1 Å². The van der Waals surface area contributed by atoms with Crippen LogP contribution in [0.5, 0.6) is 0 Å². The fourth-order valence-electron chi connectivity index (χ4n) is 5.71. The normalized spacial score (nSPS) is 11.3. The highest BCUT2D eigenvalue weighted by atomic mass is 35.5. The molecule has 2 aromatic carbocycles. The average Bonchev–Trinajstić information content (AvgIpc) is 3.57. The van der Waals surface area contributed by atoms with Crippen LogP contribution in [0.25, 0.3) is 22.1 Å². The Kier molecular flexibility index (Phi) is 14.7. The summed E-state index contributed by atoms with van der Waals surface area (Å²) in [6, 6.07) is 12.3. The van der Waals surface area contributed by atoms with Crippen LogP contribution < -0.4 is 9.80 Å². The maximum atomic E-state index is 12.6. The van der Waals surface area contributed by atoms with Crippen molar-refractivity contribution < 1.29 is 19.1 Å². The number of alkyl halides is 3. The lowest BCUT2D eigenvalue weighted by Gasteiger charge is -2.23. The zero-order valence-electron chi connectivity index (χ0n) is 27.8. The number of carbonyl (C=O) groups is 2. The molecule has 4 aromatic rings. The molecule has 0 aliphatic carbocycles. The van der Waals surface area contributed by atoms with Crippen molar-refractivity contribution in [3.8, 4) is 0 Å². The lowest BCUT2D eigenvalue weighted by Crippen LogP contribution is -2.30. The van der Waals surface area contributed by atoms with E-state index in [4.69, 9.17) is 54.2 Å². The molecular formula is C35H45Cl3N6O4. The number of hydrogen-bond acceptors (Lipinski definition) is 8. The van der Waals surface area contributed by atoms with E-state index in [-0.39, 0.29) is 25.2 Å².